The molecule has 1 aromatic rings. The third-order valence-electron chi connectivity index (χ3n) is 2.28. The number of rotatable bonds is 6. The highest BCUT2D eigenvalue weighted by molar-refractivity contribution is 7.89. The van der Waals surface area contributed by atoms with Gasteiger partial charge in [0, 0.05) is 26.2 Å². The number of hydrogen-bond donors (Lipinski definition) is 1. The van der Waals surface area contributed by atoms with Gasteiger partial charge in [0.1, 0.15) is 10.0 Å². The lowest BCUT2D eigenvalue weighted by atomic mass is 10.3. The Hall–Kier alpha value is -1.18. The molecule has 0 aromatic carbocycles. The summed E-state index contributed by atoms with van der Waals surface area (Å²) in [6, 6.07) is 2.84. The van der Waals surface area contributed by atoms with Gasteiger partial charge in [-0.15, -0.1) is 0 Å². The maximum atomic E-state index is 12.1. The largest absolute Gasteiger partial charge is 0.481 e. The first-order valence-corrected chi connectivity index (χ1v) is 6.96. The molecule has 18 heavy (non-hydrogen) atoms. The van der Waals surface area contributed by atoms with Gasteiger partial charge in [-0.3, -0.25) is 4.79 Å². The molecule has 0 aliphatic rings. The lowest BCUT2D eigenvalue weighted by molar-refractivity contribution is -0.137. The summed E-state index contributed by atoms with van der Waals surface area (Å²) in [7, 11) is -2.35. The van der Waals surface area contributed by atoms with Gasteiger partial charge in [-0.1, -0.05) is 11.6 Å². The number of carboxylic acids is 1. The van der Waals surface area contributed by atoms with Crippen molar-refractivity contribution in [3.63, 3.8) is 0 Å². The topological polar surface area (TPSA) is 87.6 Å². The average molecular weight is 293 g/mol. The van der Waals surface area contributed by atoms with Crippen LogP contribution in [-0.2, 0) is 14.8 Å². The standard InChI is InChI=1S/C10H13ClN2O4S/c1-13(7-3-5-9(14)15)18(16,17)8-4-2-6-12-10(8)11/h2,4,6H,3,5,7H2,1H3,(H,14,15). The van der Waals surface area contributed by atoms with Crippen LogP contribution < -0.4 is 0 Å². The Morgan fingerprint density at radius 1 is 1.56 bits per heavy atom. The second-order valence-corrected chi connectivity index (χ2v) is 5.99. The number of sulfonamides is 1. The Morgan fingerprint density at radius 3 is 2.78 bits per heavy atom. The SMILES string of the molecule is CN(CCCC(=O)O)S(=O)(=O)c1cccnc1Cl. The highest BCUT2D eigenvalue weighted by atomic mass is 35.5. The molecule has 0 atom stereocenters. The highest BCUT2D eigenvalue weighted by Gasteiger charge is 2.23. The van der Waals surface area contributed by atoms with E-state index in [-0.39, 0.29) is 29.4 Å². The van der Waals surface area contributed by atoms with Crippen LogP contribution in [0.3, 0.4) is 0 Å². The van der Waals surface area contributed by atoms with Crippen molar-refractivity contribution in [1.29, 1.82) is 0 Å². The van der Waals surface area contributed by atoms with E-state index in [4.69, 9.17) is 16.7 Å². The number of carbonyl (C=O) groups is 1. The summed E-state index contributed by atoms with van der Waals surface area (Å²) in [4.78, 5) is 14.0. The Balaban J connectivity index is 2.81. The molecule has 0 saturated carbocycles. The molecule has 0 fully saturated rings. The first-order chi connectivity index (χ1) is 8.35. The van der Waals surface area contributed by atoms with E-state index in [1.54, 1.807) is 0 Å². The summed E-state index contributed by atoms with van der Waals surface area (Å²) >= 11 is 5.73. The first kappa shape index (κ1) is 14.9. The van der Waals surface area contributed by atoms with Gasteiger partial charge in [0.15, 0.2) is 0 Å². The molecule has 6 nitrogen and oxygen atoms in total. The Labute approximate surface area is 110 Å². The highest BCUT2D eigenvalue weighted by Crippen LogP contribution is 2.21. The fourth-order valence-electron chi connectivity index (χ4n) is 1.30. The first-order valence-electron chi connectivity index (χ1n) is 5.14. The van der Waals surface area contributed by atoms with E-state index in [1.807, 2.05) is 0 Å². The number of nitrogens with zero attached hydrogens (tertiary/aromatic N) is 2. The van der Waals surface area contributed by atoms with E-state index in [2.05, 4.69) is 4.98 Å². The molecule has 1 aromatic heterocycles. The van der Waals surface area contributed by atoms with Crippen molar-refractivity contribution < 1.29 is 18.3 Å². The van der Waals surface area contributed by atoms with Crippen molar-refractivity contribution in [2.75, 3.05) is 13.6 Å². The number of pyridine rings is 1. The zero-order valence-corrected chi connectivity index (χ0v) is 11.3. The Kier molecular flexibility index (Phi) is 5.06. The van der Waals surface area contributed by atoms with Crippen molar-refractivity contribution in [3.8, 4) is 0 Å². The van der Waals surface area contributed by atoms with Crippen molar-refractivity contribution in [2.24, 2.45) is 0 Å². The Bertz CT molecular complexity index is 532. The molecule has 0 aliphatic heterocycles. The molecule has 100 valence electrons. The minimum atomic E-state index is -3.72. The number of halogens is 1. The summed E-state index contributed by atoms with van der Waals surface area (Å²) in [6.45, 7) is 0.111. The maximum Gasteiger partial charge on any atom is 0.303 e. The van der Waals surface area contributed by atoms with Crippen LogP contribution in [0, 0.1) is 0 Å². The Morgan fingerprint density at radius 2 is 2.22 bits per heavy atom. The van der Waals surface area contributed by atoms with Crippen LogP contribution in [0.2, 0.25) is 5.15 Å². The molecule has 1 rings (SSSR count). The molecule has 0 spiro atoms. The predicted octanol–water partition coefficient (Wildman–Crippen LogP) is 1.22. The molecule has 0 radical (unpaired) electrons. The lowest BCUT2D eigenvalue weighted by Gasteiger charge is -2.16. The average Bonchev–Trinajstić information content (AvgIpc) is 2.28. The van der Waals surface area contributed by atoms with Gasteiger partial charge >= 0.3 is 5.97 Å². The number of aliphatic carboxylic acids is 1. The van der Waals surface area contributed by atoms with E-state index >= 15 is 0 Å². The minimum absolute atomic E-state index is 0.0792. The van der Waals surface area contributed by atoms with Crippen LogP contribution in [0.15, 0.2) is 23.2 Å². The lowest BCUT2D eigenvalue weighted by Crippen LogP contribution is -2.28. The molecule has 0 amide bonds. The summed E-state index contributed by atoms with van der Waals surface area (Å²) in [5.74, 6) is -0.958. The van der Waals surface area contributed by atoms with Gasteiger partial charge in [0.2, 0.25) is 10.0 Å². The van der Waals surface area contributed by atoms with Crippen molar-refractivity contribution in [3.05, 3.63) is 23.5 Å². The second-order valence-electron chi connectivity index (χ2n) is 3.62. The van der Waals surface area contributed by atoms with Crippen molar-refractivity contribution in [2.45, 2.75) is 17.7 Å². The summed E-state index contributed by atoms with van der Waals surface area (Å²) in [5, 5.41) is 8.40. The third-order valence-corrected chi connectivity index (χ3v) is 4.58. The van der Waals surface area contributed by atoms with Crippen LogP contribution in [-0.4, -0.2) is 42.4 Å². The van der Waals surface area contributed by atoms with Crippen LogP contribution in [0.1, 0.15) is 12.8 Å². The monoisotopic (exact) mass is 292 g/mol. The predicted molar refractivity (Wildman–Crippen MR) is 65.9 cm³/mol. The second kappa shape index (κ2) is 6.12. The van der Waals surface area contributed by atoms with Gasteiger partial charge in [-0.2, -0.15) is 0 Å². The van der Waals surface area contributed by atoms with Crippen LogP contribution in [0.5, 0.6) is 0 Å². The van der Waals surface area contributed by atoms with E-state index in [0.717, 1.165) is 4.31 Å². The minimum Gasteiger partial charge on any atom is -0.481 e. The molecule has 1 N–H and O–H groups in total. The summed E-state index contributed by atoms with van der Waals surface area (Å²) in [6.07, 6.45) is 1.55. The summed E-state index contributed by atoms with van der Waals surface area (Å²) in [5.41, 5.74) is 0. The van der Waals surface area contributed by atoms with Gasteiger partial charge in [-0.25, -0.2) is 17.7 Å². The van der Waals surface area contributed by atoms with Gasteiger partial charge in [0.25, 0.3) is 0 Å². The van der Waals surface area contributed by atoms with E-state index in [0.29, 0.717) is 0 Å². The summed E-state index contributed by atoms with van der Waals surface area (Å²) < 4.78 is 25.2. The molecule has 0 unspecified atom stereocenters. The zero-order chi connectivity index (χ0) is 13.8. The van der Waals surface area contributed by atoms with Crippen molar-refractivity contribution >= 4 is 27.6 Å². The van der Waals surface area contributed by atoms with Crippen LogP contribution in [0.25, 0.3) is 0 Å². The van der Waals surface area contributed by atoms with E-state index in [1.165, 1.54) is 25.4 Å². The smallest absolute Gasteiger partial charge is 0.303 e. The molecule has 0 aliphatic carbocycles. The van der Waals surface area contributed by atoms with Crippen LogP contribution in [0.4, 0.5) is 0 Å². The quantitative estimate of drug-likeness (QED) is 0.797. The van der Waals surface area contributed by atoms with Gasteiger partial charge in [-0.05, 0) is 18.6 Å². The molecular formula is C10H13ClN2O4S. The van der Waals surface area contributed by atoms with Crippen molar-refractivity contribution in [1.82, 2.24) is 9.29 Å². The normalized spacial score (nSPS) is 11.7. The van der Waals surface area contributed by atoms with Gasteiger partial charge in [0.05, 0.1) is 0 Å². The number of hydrogen-bond acceptors (Lipinski definition) is 4. The molecule has 0 saturated heterocycles. The third kappa shape index (κ3) is 3.66. The van der Waals surface area contributed by atoms with Crippen LogP contribution >= 0.6 is 11.6 Å². The van der Waals surface area contributed by atoms with Gasteiger partial charge < -0.3 is 5.11 Å². The van der Waals surface area contributed by atoms with E-state index < -0.39 is 16.0 Å². The number of carboxylic acid groups (broad SMARTS) is 1. The zero-order valence-electron chi connectivity index (χ0n) is 9.71. The maximum absolute atomic E-state index is 12.1. The fraction of sp³-hybridized carbons (Fsp3) is 0.400. The number of aromatic nitrogens is 1. The molecule has 0 bridgehead atoms. The fourth-order valence-corrected chi connectivity index (χ4v) is 2.94. The molecule has 1 heterocycles. The van der Waals surface area contributed by atoms with E-state index in [9.17, 15) is 13.2 Å². The molecular weight excluding hydrogens is 280 g/mol. The molecule has 8 heteroatoms.